The maximum Gasteiger partial charge on any atom is 0.0119 e. The van der Waals surface area contributed by atoms with Gasteiger partial charge in [-0.05, 0) is 71.8 Å². The molecule has 2 fully saturated rings. The summed E-state index contributed by atoms with van der Waals surface area (Å²) in [7, 11) is 2.35. The Morgan fingerprint density at radius 1 is 1.21 bits per heavy atom. The van der Waals surface area contributed by atoms with Gasteiger partial charge >= 0.3 is 0 Å². The number of piperidine rings is 2. The zero-order valence-corrected chi connectivity index (χ0v) is 13.7. The molecule has 2 atom stereocenters. The first-order valence-corrected chi connectivity index (χ1v) is 7.85. The lowest BCUT2D eigenvalue weighted by Crippen LogP contribution is -2.49. The Labute approximate surface area is 125 Å². The lowest BCUT2D eigenvalue weighted by atomic mass is 9.93. The molecule has 0 bridgehead atoms. The maximum atomic E-state index is 3.46. The third-order valence-electron chi connectivity index (χ3n) is 5.02. The molecule has 2 aliphatic rings. The Balaban J connectivity index is 0.00000180. The SMILES string of the molecule is CCN1CCC(N(C)CC2CCNCC2)CC1C.Cl. The van der Waals surface area contributed by atoms with Crippen LogP contribution in [0.4, 0.5) is 0 Å². The van der Waals surface area contributed by atoms with E-state index in [-0.39, 0.29) is 12.4 Å². The third kappa shape index (κ3) is 4.89. The quantitative estimate of drug-likeness (QED) is 0.856. The van der Waals surface area contributed by atoms with Crippen molar-refractivity contribution in [1.82, 2.24) is 15.1 Å². The highest BCUT2D eigenvalue weighted by atomic mass is 35.5. The van der Waals surface area contributed by atoms with Crippen LogP contribution in [0.5, 0.6) is 0 Å². The van der Waals surface area contributed by atoms with Gasteiger partial charge in [0.1, 0.15) is 0 Å². The summed E-state index contributed by atoms with van der Waals surface area (Å²) in [5, 5.41) is 3.46. The Morgan fingerprint density at radius 2 is 1.89 bits per heavy atom. The lowest BCUT2D eigenvalue weighted by molar-refractivity contribution is 0.0780. The summed E-state index contributed by atoms with van der Waals surface area (Å²) in [5.41, 5.74) is 0. The normalized spacial score (nSPS) is 30.3. The first kappa shape index (κ1) is 17.2. The molecule has 3 nitrogen and oxygen atoms in total. The fourth-order valence-electron chi connectivity index (χ4n) is 3.69. The van der Waals surface area contributed by atoms with Crippen molar-refractivity contribution in [3.63, 3.8) is 0 Å². The second-order valence-corrected chi connectivity index (χ2v) is 6.29. The lowest BCUT2D eigenvalue weighted by Gasteiger charge is -2.42. The van der Waals surface area contributed by atoms with Gasteiger partial charge in [-0.25, -0.2) is 0 Å². The van der Waals surface area contributed by atoms with Crippen molar-refractivity contribution in [3.8, 4) is 0 Å². The molecule has 0 aliphatic carbocycles. The van der Waals surface area contributed by atoms with Gasteiger partial charge in [-0.1, -0.05) is 6.92 Å². The maximum absolute atomic E-state index is 3.46. The van der Waals surface area contributed by atoms with E-state index in [9.17, 15) is 0 Å². The number of likely N-dealkylation sites (tertiary alicyclic amines) is 1. The van der Waals surface area contributed by atoms with Crippen LogP contribution in [-0.4, -0.2) is 61.7 Å². The van der Waals surface area contributed by atoms with Gasteiger partial charge in [0.25, 0.3) is 0 Å². The van der Waals surface area contributed by atoms with Crippen LogP contribution in [-0.2, 0) is 0 Å². The fraction of sp³-hybridized carbons (Fsp3) is 1.00. The van der Waals surface area contributed by atoms with Gasteiger partial charge in [0.2, 0.25) is 0 Å². The Bertz CT molecular complexity index is 244. The van der Waals surface area contributed by atoms with Gasteiger partial charge in [0.05, 0.1) is 0 Å². The van der Waals surface area contributed by atoms with Gasteiger partial charge in [-0.15, -0.1) is 12.4 Å². The van der Waals surface area contributed by atoms with Crippen molar-refractivity contribution < 1.29 is 0 Å². The second kappa shape index (κ2) is 8.46. The Morgan fingerprint density at radius 3 is 2.47 bits per heavy atom. The predicted molar refractivity (Wildman–Crippen MR) is 85.2 cm³/mol. The van der Waals surface area contributed by atoms with Gasteiger partial charge in [0.15, 0.2) is 0 Å². The van der Waals surface area contributed by atoms with Crippen molar-refractivity contribution in [1.29, 1.82) is 0 Å². The average molecular weight is 290 g/mol. The van der Waals surface area contributed by atoms with Crippen LogP contribution in [0.3, 0.4) is 0 Å². The smallest absolute Gasteiger partial charge is 0.0119 e. The molecular formula is C15H32ClN3. The van der Waals surface area contributed by atoms with Crippen LogP contribution in [0.15, 0.2) is 0 Å². The molecule has 0 aromatic rings. The van der Waals surface area contributed by atoms with E-state index >= 15 is 0 Å². The largest absolute Gasteiger partial charge is 0.317 e. The highest BCUT2D eigenvalue weighted by Gasteiger charge is 2.28. The summed E-state index contributed by atoms with van der Waals surface area (Å²) in [4.78, 5) is 5.27. The molecule has 2 rings (SSSR count). The topological polar surface area (TPSA) is 18.5 Å². The van der Waals surface area contributed by atoms with Crippen LogP contribution < -0.4 is 5.32 Å². The van der Waals surface area contributed by atoms with Crippen molar-refractivity contribution in [3.05, 3.63) is 0 Å². The van der Waals surface area contributed by atoms with Crippen molar-refractivity contribution in [2.75, 3.05) is 39.8 Å². The average Bonchev–Trinajstić information content (AvgIpc) is 2.39. The highest BCUT2D eigenvalue weighted by Crippen LogP contribution is 2.23. The molecule has 4 heteroatoms. The molecule has 114 valence electrons. The Kier molecular flexibility index (Phi) is 7.66. The minimum Gasteiger partial charge on any atom is -0.317 e. The van der Waals surface area contributed by atoms with E-state index in [0.29, 0.717) is 0 Å². The molecule has 0 saturated carbocycles. The zero-order valence-electron chi connectivity index (χ0n) is 12.9. The van der Waals surface area contributed by atoms with Gasteiger partial charge in [0, 0.05) is 18.6 Å². The van der Waals surface area contributed by atoms with Gasteiger partial charge in [-0.3, -0.25) is 0 Å². The monoisotopic (exact) mass is 289 g/mol. The molecule has 0 spiro atoms. The first-order valence-electron chi connectivity index (χ1n) is 7.85. The molecular weight excluding hydrogens is 258 g/mol. The molecule has 2 unspecified atom stereocenters. The highest BCUT2D eigenvalue weighted by molar-refractivity contribution is 5.85. The van der Waals surface area contributed by atoms with Gasteiger partial charge < -0.3 is 15.1 Å². The number of nitrogens with zero attached hydrogens (tertiary/aromatic N) is 2. The van der Waals surface area contributed by atoms with Crippen LogP contribution in [0, 0.1) is 5.92 Å². The number of halogens is 1. The summed E-state index contributed by atoms with van der Waals surface area (Å²) in [6.07, 6.45) is 5.45. The Hall–Kier alpha value is 0.170. The molecule has 2 aliphatic heterocycles. The van der Waals surface area contributed by atoms with Crippen molar-refractivity contribution in [2.45, 2.75) is 51.6 Å². The molecule has 2 saturated heterocycles. The molecule has 0 radical (unpaired) electrons. The summed E-state index contributed by atoms with van der Waals surface area (Å²) in [6, 6.07) is 1.59. The number of hydrogen-bond acceptors (Lipinski definition) is 3. The molecule has 1 N–H and O–H groups in total. The van der Waals surface area contributed by atoms with E-state index in [0.717, 1.165) is 18.0 Å². The van der Waals surface area contributed by atoms with E-state index in [4.69, 9.17) is 0 Å². The summed E-state index contributed by atoms with van der Waals surface area (Å²) < 4.78 is 0. The third-order valence-corrected chi connectivity index (χ3v) is 5.02. The van der Waals surface area contributed by atoms with Crippen LogP contribution >= 0.6 is 12.4 Å². The fourth-order valence-corrected chi connectivity index (χ4v) is 3.69. The van der Waals surface area contributed by atoms with E-state index < -0.39 is 0 Å². The van der Waals surface area contributed by atoms with Crippen molar-refractivity contribution in [2.24, 2.45) is 5.92 Å². The molecule has 19 heavy (non-hydrogen) atoms. The predicted octanol–water partition coefficient (Wildman–Crippen LogP) is 2.21. The molecule has 2 heterocycles. The van der Waals surface area contributed by atoms with E-state index in [2.05, 4.69) is 36.0 Å². The van der Waals surface area contributed by atoms with E-state index in [1.807, 2.05) is 0 Å². The first-order chi connectivity index (χ1) is 8.70. The summed E-state index contributed by atoms with van der Waals surface area (Å²) in [5.74, 6) is 0.927. The van der Waals surface area contributed by atoms with Gasteiger partial charge in [-0.2, -0.15) is 0 Å². The van der Waals surface area contributed by atoms with Crippen molar-refractivity contribution >= 4 is 12.4 Å². The van der Waals surface area contributed by atoms with E-state index in [1.165, 1.54) is 58.4 Å². The number of nitrogens with one attached hydrogen (secondary N) is 1. The molecule has 0 amide bonds. The second-order valence-electron chi connectivity index (χ2n) is 6.29. The standard InChI is InChI=1S/C15H31N3.ClH/c1-4-18-10-7-15(11-13(18)2)17(3)12-14-5-8-16-9-6-14;/h13-16H,4-12H2,1-3H3;1H. The zero-order chi connectivity index (χ0) is 13.0. The number of hydrogen-bond donors (Lipinski definition) is 1. The minimum absolute atomic E-state index is 0. The van der Waals surface area contributed by atoms with E-state index in [1.54, 1.807) is 0 Å². The molecule has 0 aromatic carbocycles. The summed E-state index contributed by atoms with van der Waals surface area (Å²) in [6.45, 7) is 11.0. The number of rotatable bonds is 4. The van der Waals surface area contributed by atoms with Crippen LogP contribution in [0.25, 0.3) is 0 Å². The molecule has 0 aromatic heterocycles. The summed E-state index contributed by atoms with van der Waals surface area (Å²) >= 11 is 0. The van der Waals surface area contributed by atoms with Crippen LogP contribution in [0.1, 0.15) is 39.5 Å². The minimum atomic E-state index is 0. The van der Waals surface area contributed by atoms with Crippen LogP contribution in [0.2, 0.25) is 0 Å².